The molecule has 1 aromatic carbocycles. The van der Waals surface area contributed by atoms with Crippen LogP contribution in [0.3, 0.4) is 0 Å². The Morgan fingerprint density at radius 3 is 2.67 bits per heavy atom. The summed E-state index contributed by atoms with van der Waals surface area (Å²) in [5, 5.41) is 0. The standard InChI is InChI=1S/C14H14N4/c1-2-10-5-7-11(8-6-10)18-13-12(17-14(18)15)4-3-9-16-13/h3-9H,2H2,1H3,(H2,15,17). The minimum Gasteiger partial charge on any atom is -0.369 e. The molecular formula is C14H14N4. The van der Waals surface area contributed by atoms with Crippen molar-refractivity contribution >= 4 is 17.1 Å². The predicted molar refractivity (Wildman–Crippen MR) is 72.7 cm³/mol. The molecule has 4 heteroatoms. The molecular weight excluding hydrogens is 224 g/mol. The van der Waals surface area contributed by atoms with Gasteiger partial charge in [-0.2, -0.15) is 0 Å². The van der Waals surface area contributed by atoms with Gasteiger partial charge >= 0.3 is 0 Å². The van der Waals surface area contributed by atoms with Crippen LogP contribution in [0.15, 0.2) is 42.6 Å². The summed E-state index contributed by atoms with van der Waals surface area (Å²) in [6.07, 6.45) is 2.78. The smallest absolute Gasteiger partial charge is 0.207 e. The Kier molecular flexibility index (Phi) is 2.48. The highest BCUT2D eigenvalue weighted by molar-refractivity contribution is 5.76. The second kappa shape index (κ2) is 4.14. The fourth-order valence-corrected chi connectivity index (χ4v) is 2.07. The highest BCUT2D eigenvalue weighted by atomic mass is 15.2. The first-order valence-corrected chi connectivity index (χ1v) is 5.98. The number of imidazole rings is 1. The lowest BCUT2D eigenvalue weighted by Gasteiger charge is -2.06. The molecule has 0 aliphatic carbocycles. The number of aromatic nitrogens is 3. The van der Waals surface area contributed by atoms with Crippen molar-refractivity contribution in [3.8, 4) is 5.69 Å². The van der Waals surface area contributed by atoms with Crippen molar-refractivity contribution in [2.45, 2.75) is 13.3 Å². The monoisotopic (exact) mass is 238 g/mol. The Morgan fingerprint density at radius 1 is 1.17 bits per heavy atom. The maximum atomic E-state index is 5.97. The van der Waals surface area contributed by atoms with Gasteiger partial charge < -0.3 is 5.73 Å². The van der Waals surface area contributed by atoms with Gasteiger partial charge in [0.1, 0.15) is 5.52 Å². The van der Waals surface area contributed by atoms with Crippen molar-refractivity contribution in [1.82, 2.24) is 14.5 Å². The number of pyridine rings is 1. The zero-order valence-corrected chi connectivity index (χ0v) is 10.2. The molecule has 4 nitrogen and oxygen atoms in total. The molecule has 2 N–H and O–H groups in total. The minimum absolute atomic E-state index is 0.466. The van der Waals surface area contributed by atoms with Crippen LogP contribution in [0.5, 0.6) is 0 Å². The number of fused-ring (bicyclic) bond motifs is 1. The van der Waals surface area contributed by atoms with Crippen LogP contribution in [-0.4, -0.2) is 14.5 Å². The number of nitrogen functional groups attached to an aromatic ring is 1. The lowest BCUT2D eigenvalue weighted by atomic mass is 10.1. The Balaban J connectivity index is 2.20. The molecule has 0 bridgehead atoms. The van der Waals surface area contributed by atoms with Crippen molar-refractivity contribution in [2.24, 2.45) is 0 Å². The van der Waals surface area contributed by atoms with Crippen LogP contribution < -0.4 is 5.73 Å². The predicted octanol–water partition coefficient (Wildman–Crippen LogP) is 2.57. The van der Waals surface area contributed by atoms with E-state index in [0.29, 0.717) is 5.95 Å². The van der Waals surface area contributed by atoms with Gasteiger partial charge in [0.2, 0.25) is 5.95 Å². The topological polar surface area (TPSA) is 56.7 Å². The van der Waals surface area contributed by atoms with E-state index in [0.717, 1.165) is 23.3 Å². The largest absolute Gasteiger partial charge is 0.369 e. The van der Waals surface area contributed by atoms with Crippen LogP contribution in [0.4, 0.5) is 5.95 Å². The summed E-state index contributed by atoms with van der Waals surface area (Å²) in [7, 11) is 0. The van der Waals surface area contributed by atoms with Gasteiger partial charge in [0.05, 0.1) is 5.69 Å². The number of nitrogens with two attached hydrogens (primary N) is 1. The Labute approximate surface area is 105 Å². The highest BCUT2D eigenvalue weighted by Gasteiger charge is 2.10. The number of rotatable bonds is 2. The van der Waals surface area contributed by atoms with Crippen LogP contribution in [0.2, 0.25) is 0 Å². The molecule has 3 rings (SSSR count). The summed E-state index contributed by atoms with van der Waals surface area (Å²) in [6.45, 7) is 2.14. The first kappa shape index (κ1) is 10.8. The lowest BCUT2D eigenvalue weighted by Crippen LogP contribution is -2.01. The van der Waals surface area contributed by atoms with Gasteiger partial charge in [-0.25, -0.2) is 9.97 Å². The van der Waals surface area contributed by atoms with Crippen LogP contribution in [0.25, 0.3) is 16.9 Å². The average molecular weight is 238 g/mol. The van der Waals surface area contributed by atoms with E-state index in [-0.39, 0.29) is 0 Å². The third-order valence-corrected chi connectivity index (χ3v) is 3.04. The first-order valence-electron chi connectivity index (χ1n) is 5.98. The van der Waals surface area contributed by atoms with E-state index in [1.54, 1.807) is 6.20 Å². The molecule has 0 saturated heterocycles. The molecule has 0 fully saturated rings. The molecule has 0 aliphatic heterocycles. The zero-order valence-electron chi connectivity index (χ0n) is 10.2. The molecule has 90 valence electrons. The summed E-state index contributed by atoms with van der Waals surface area (Å²) in [6, 6.07) is 12.1. The maximum absolute atomic E-state index is 5.97. The molecule has 0 amide bonds. The maximum Gasteiger partial charge on any atom is 0.207 e. The van der Waals surface area contributed by atoms with Crippen molar-refractivity contribution in [3.05, 3.63) is 48.2 Å². The SMILES string of the molecule is CCc1ccc(-n2c(N)nc3cccnc32)cc1. The summed E-state index contributed by atoms with van der Waals surface area (Å²) in [5.74, 6) is 0.466. The molecule has 3 aromatic rings. The molecule has 0 radical (unpaired) electrons. The van der Waals surface area contributed by atoms with Gasteiger partial charge in [0.15, 0.2) is 5.65 Å². The van der Waals surface area contributed by atoms with E-state index in [9.17, 15) is 0 Å². The molecule has 18 heavy (non-hydrogen) atoms. The summed E-state index contributed by atoms with van der Waals surface area (Å²) in [4.78, 5) is 8.65. The van der Waals surface area contributed by atoms with E-state index in [1.807, 2.05) is 28.8 Å². The van der Waals surface area contributed by atoms with Gasteiger partial charge in [0.25, 0.3) is 0 Å². The van der Waals surface area contributed by atoms with E-state index in [2.05, 4.69) is 29.0 Å². The van der Waals surface area contributed by atoms with Crippen molar-refractivity contribution in [2.75, 3.05) is 5.73 Å². The third kappa shape index (κ3) is 1.62. The quantitative estimate of drug-likeness (QED) is 0.746. The number of aryl methyl sites for hydroxylation is 1. The van der Waals surface area contributed by atoms with Crippen molar-refractivity contribution < 1.29 is 0 Å². The normalized spacial score (nSPS) is 10.9. The second-order valence-electron chi connectivity index (χ2n) is 4.17. The first-order chi connectivity index (χ1) is 8.79. The third-order valence-electron chi connectivity index (χ3n) is 3.04. The van der Waals surface area contributed by atoms with E-state index >= 15 is 0 Å². The average Bonchev–Trinajstić information content (AvgIpc) is 2.75. The van der Waals surface area contributed by atoms with Crippen LogP contribution in [0.1, 0.15) is 12.5 Å². The highest BCUT2D eigenvalue weighted by Crippen LogP contribution is 2.21. The number of nitrogens with zero attached hydrogens (tertiary/aromatic N) is 3. The van der Waals surface area contributed by atoms with E-state index < -0.39 is 0 Å². The summed E-state index contributed by atoms with van der Waals surface area (Å²) < 4.78 is 1.87. The van der Waals surface area contributed by atoms with Crippen molar-refractivity contribution in [1.29, 1.82) is 0 Å². The van der Waals surface area contributed by atoms with E-state index in [1.165, 1.54) is 5.56 Å². The molecule has 0 atom stereocenters. The van der Waals surface area contributed by atoms with Gasteiger partial charge in [-0.05, 0) is 36.2 Å². The van der Waals surface area contributed by atoms with Gasteiger partial charge in [-0.15, -0.1) is 0 Å². The summed E-state index contributed by atoms with van der Waals surface area (Å²) >= 11 is 0. The fraction of sp³-hybridized carbons (Fsp3) is 0.143. The molecule has 0 spiro atoms. The number of anilines is 1. The Morgan fingerprint density at radius 2 is 1.94 bits per heavy atom. The Hall–Kier alpha value is -2.36. The fourth-order valence-electron chi connectivity index (χ4n) is 2.07. The molecule has 2 aromatic heterocycles. The van der Waals surface area contributed by atoms with Crippen LogP contribution in [-0.2, 0) is 6.42 Å². The van der Waals surface area contributed by atoms with Gasteiger partial charge in [-0.3, -0.25) is 4.57 Å². The number of hydrogen-bond acceptors (Lipinski definition) is 3. The second-order valence-corrected chi connectivity index (χ2v) is 4.17. The number of benzene rings is 1. The molecule has 0 saturated carbocycles. The molecule has 0 unspecified atom stereocenters. The molecule has 2 heterocycles. The van der Waals surface area contributed by atoms with Crippen LogP contribution >= 0.6 is 0 Å². The minimum atomic E-state index is 0.466. The van der Waals surface area contributed by atoms with Crippen molar-refractivity contribution in [3.63, 3.8) is 0 Å². The zero-order chi connectivity index (χ0) is 12.5. The summed E-state index contributed by atoms with van der Waals surface area (Å²) in [5.41, 5.74) is 9.87. The van der Waals surface area contributed by atoms with E-state index in [4.69, 9.17) is 5.73 Å². The number of hydrogen-bond donors (Lipinski definition) is 1. The lowest BCUT2D eigenvalue weighted by molar-refractivity contribution is 1.07. The van der Waals surface area contributed by atoms with Crippen LogP contribution in [0, 0.1) is 0 Å². The van der Waals surface area contributed by atoms with Gasteiger partial charge in [-0.1, -0.05) is 19.1 Å². The Bertz CT molecular complexity index is 683. The molecule has 0 aliphatic rings. The van der Waals surface area contributed by atoms with Gasteiger partial charge in [0, 0.05) is 6.20 Å².